The molecule has 1 N–H and O–H groups in total. The molecule has 0 aromatic carbocycles. The monoisotopic (exact) mass is 280 g/mol. The van der Waals surface area contributed by atoms with Crippen LogP contribution in [-0.2, 0) is 6.54 Å². The van der Waals surface area contributed by atoms with E-state index in [1.807, 2.05) is 11.3 Å². The number of rotatable bonds is 4. The Morgan fingerprint density at radius 1 is 1.53 bits per heavy atom. The van der Waals surface area contributed by atoms with Gasteiger partial charge in [-0.2, -0.15) is 0 Å². The fraction of sp³-hybridized carbons (Fsp3) is 0.750. The number of hydrogen-bond acceptors (Lipinski definition) is 3. The van der Waals surface area contributed by atoms with Gasteiger partial charge in [0.15, 0.2) is 0 Å². The Balaban J connectivity index is 2.14. The van der Waals surface area contributed by atoms with Crippen molar-refractivity contribution in [1.82, 2.24) is 10.2 Å². The fourth-order valence-electron chi connectivity index (χ4n) is 2.92. The predicted molar refractivity (Wildman–Crippen MR) is 84.8 cm³/mol. The lowest BCUT2D eigenvalue weighted by Crippen LogP contribution is -2.63. The Hall–Kier alpha value is -0.380. The summed E-state index contributed by atoms with van der Waals surface area (Å²) in [6, 6.07) is 2.90. The van der Waals surface area contributed by atoms with Gasteiger partial charge in [-0.3, -0.25) is 4.90 Å². The summed E-state index contributed by atoms with van der Waals surface area (Å²) >= 11 is 1.90. The van der Waals surface area contributed by atoms with Gasteiger partial charge in [0.25, 0.3) is 0 Å². The van der Waals surface area contributed by atoms with Crippen LogP contribution < -0.4 is 5.32 Å². The van der Waals surface area contributed by atoms with Crippen molar-refractivity contribution in [2.24, 2.45) is 5.92 Å². The molecular weight excluding hydrogens is 252 g/mol. The van der Waals surface area contributed by atoms with Crippen molar-refractivity contribution in [3.8, 4) is 0 Å². The lowest BCUT2D eigenvalue weighted by atomic mass is 9.90. The average Bonchev–Trinajstić information content (AvgIpc) is 2.75. The maximum Gasteiger partial charge on any atom is 0.0334 e. The number of piperazine rings is 1. The highest BCUT2D eigenvalue weighted by Gasteiger charge is 2.35. The minimum atomic E-state index is 0.274. The lowest BCUT2D eigenvalue weighted by molar-refractivity contribution is 0.0546. The Kier molecular flexibility index (Phi) is 4.70. The third-order valence-electron chi connectivity index (χ3n) is 4.62. The van der Waals surface area contributed by atoms with Crippen molar-refractivity contribution in [3.63, 3.8) is 0 Å². The van der Waals surface area contributed by atoms with Crippen LogP contribution in [0.5, 0.6) is 0 Å². The van der Waals surface area contributed by atoms with E-state index in [0.717, 1.165) is 19.6 Å². The first-order valence-corrected chi connectivity index (χ1v) is 8.35. The highest BCUT2D eigenvalue weighted by Crippen LogP contribution is 2.27. The maximum absolute atomic E-state index is 3.76. The summed E-state index contributed by atoms with van der Waals surface area (Å²) in [5.41, 5.74) is 1.72. The fourth-order valence-corrected chi connectivity index (χ4v) is 3.85. The minimum absolute atomic E-state index is 0.274. The van der Waals surface area contributed by atoms with Crippen LogP contribution in [0.1, 0.15) is 44.6 Å². The molecule has 1 aromatic heterocycles. The van der Waals surface area contributed by atoms with Gasteiger partial charge in [0.2, 0.25) is 0 Å². The summed E-state index contributed by atoms with van der Waals surface area (Å²) in [6.07, 6.45) is 1.19. The van der Waals surface area contributed by atoms with E-state index in [9.17, 15) is 0 Å². The molecule has 0 spiro atoms. The molecule has 2 rings (SSSR count). The molecule has 1 fully saturated rings. The number of aryl methyl sites for hydroxylation is 1. The van der Waals surface area contributed by atoms with Crippen molar-refractivity contribution < 1.29 is 0 Å². The van der Waals surface area contributed by atoms with Crippen molar-refractivity contribution >= 4 is 11.3 Å². The number of hydrogen-bond donors (Lipinski definition) is 1. The number of thiophene rings is 1. The SMILES string of the molecule is CCC1(C)CN(Cc2sccc2C)C(C(C)C)CN1. The van der Waals surface area contributed by atoms with Crippen molar-refractivity contribution in [2.75, 3.05) is 13.1 Å². The smallest absolute Gasteiger partial charge is 0.0334 e. The zero-order valence-corrected chi connectivity index (χ0v) is 13.8. The third-order valence-corrected chi connectivity index (χ3v) is 5.63. The van der Waals surface area contributed by atoms with Crippen molar-refractivity contribution in [3.05, 3.63) is 21.9 Å². The van der Waals surface area contributed by atoms with Crippen LogP contribution in [0.25, 0.3) is 0 Å². The number of nitrogens with one attached hydrogen (secondary N) is 1. The minimum Gasteiger partial charge on any atom is -0.309 e. The van der Waals surface area contributed by atoms with Crippen molar-refractivity contribution in [1.29, 1.82) is 0 Å². The van der Waals surface area contributed by atoms with Gasteiger partial charge in [0, 0.05) is 36.1 Å². The quantitative estimate of drug-likeness (QED) is 0.905. The molecule has 2 atom stereocenters. The first-order chi connectivity index (χ1) is 8.95. The van der Waals surface area contributed by atoms with Gasteiger partial charge in [0.05, 0.1) is 0 Å². The topological polar surface area (TPSA) is 15.3 Å². The van der Waals surface area contributed by atoms with E-state index in [0.29, 0.717) is 12.0 Å². The highest BCUT2D eigenvalue weighted by atomic mass is 32.1. The molecule has 2 unspecified atom stereocenters. The van der Waals surface area contributed by atoms with E-state index in [-0.39, 0.29) is 5.54 Å². The maximum atomic E-state index is 3.76. The van der Waals surface area contributed by atoms with Gasteiger partial charge in [0.1, 0.15) is 0 Å². The van der Waals surface area contributed by atoms with Gasteiger partial charge in [-0.25, -0.2) is 0 Å². The lowest BCUT2D eigenvalue weighted by Gasteiger charge is -2.47. The average molecular weight is 280 g/mol. The van der Waals surface area contributed by atoms with Crippen LogP contribution in [0, 0.1) is 12.8 Å². The molecule has 3 heteroatoms. The Morgan fingerprint density at radius 3 is 2.79 bits per heavy atom. The Morgan fingerprint density at radius 2 is 2.26 bits per heavy atom. The van der Waals surface area contributed by atoms with Gasteiger partial charge in [-0.1, -0.05) is 20.8 Å². The van der Waals surface area contributed by atoms with Crippen LogP contribution >= 0.6 is 11.3 Å². The second kappa shape index (κ2) is 5.94. The normalized spacial score (nSPS) is 29.1. The second-order valence-corrected chi connectivity index (χ2v) is 7.54. The van der Waals surface area contributed by atoms with Gasteiger partial charge >= 0.3 is 0 Å². The summed E-state index contributed by atoms with van der Waals surface area (Å²) in [6.45, 7) is 15.0. The third kappa shape index (κ3) is 3.39. The molecule has 19 heavy (non-hydrogen) atoms. The largest absolute Gasteiger partial charge is 0.309 e. The molecule has 108 valence electrons. The molecular formula is C16H28N2S. The van der Waals surface area contributed by atoms with Crippen LogP contribution in [-0.4, -0.2) is 29.6 Å². The zero-order valence-electron chi connectivity index (χ0n) is 13.0. The Bertz CT molecular complexity index is 413. The van der Waals surface area contributed by atoms with Gasteiger partial charge < -0.3 is 5.32 Å². The molecule has 1 saturated heterocycles. The molecule has 0 radical (unpaired) electrons. The molecule has 0 aliphatic carbocycles. The summed E-state index contributed by atoms with van der Waals surface area (Å²) in [5, 5.41) is 5.98. The predicted octanol–water partition coefficient (Wildman–Crippen LogP) is 3.66. The van der Waals surface area contributed by atoms with Crippen molar-refractivity contribution in [2.45, 2.75) is 59.2 Å². The summed E-state index contributed by atoms with van der Waals surface area (Å²) in [5.74, 6) is 0.703. The first-order valence-electron chi connectivity index (χ1n) is 7.47. The highest BCUT2D eigenvalue weighted by molar-refractivity contribution is 7.10. The van der Waals surface area contributed by atoms with E-state index >= 15 is 0 Å². The van der Waals surface area contributed by atoms with E-state index < -0.39 is 0 Å². The molecule has 2 heterocycles. The standard InChI is InChI=1S/C16H28N2S/c1-6-16(5)11-18(14(9-17-16)12(2)3)10-15-13(4)7-8-19-15/h7-8,12,14,17H,6,9-11H2,1-5H3. The molecule has 1 aliphatic heterocycles. The molecule has 2 nitrogen and oxygen atoms in total. The van der Waals surface area contributed by atoms with Crippen LogP contribution in [0.3, 0.4) is 0 Å². The Labute approximate surface area is 122 Å². The molecule has 0 amide bonds. The summed E-state index contributed by atoms with van der Waals surface area (Å²) in [4.78, 5) is 4.23. The van der Waals surface area contributed by atoms with Crippen LogP contribution in [0.15, 0.2) is 11.4 Å². The summed E-state index contributed by atoms with van der Waals surface area (Å²) in [7, 11) is 0. The van der Waals surface area contributed by atoms with E-state index in [4.69, 9.17) is 0 Å². The number of nitrogens with zero attached hydrogens (tertiary/aromatic N) is 1. The van der Waals surface area contributed by atoms with E-state index in [1.54, 1.807) is 0 Å². The molecule has 1 aromatic rings. The first kappa shape index (κ1) is 15.0. The van der Waals surface area contributed by atoms with Crippen LogP contribution in [0.2, 0.25) is 0 Å². The second-order valence-electron chi connectivity index (χ2n) is 6.54. The van der Waals surface area contributed by atoms with E-state index in [2.05, 4.69) is 56.3 Å². The van der Waals surface area contributed by atoms with E-state index in [1.165, 1.54) is 16.9 Å². The molecule has 1 aliphatic rings. The molecule has 0 bridgehead atoms. The van der Waals surface area contributed by atoms with Gasteiger partial charge in [-0.05, 0) is 43.2 Å². The molecule has 0 saturated carbocycles. The summed E-state index contributed by atoms with van der Waals surface area (Å²) < 4.78 is 0. The zero-order chi connectivity index (χ0) is 14.0. The van der Waals surface area contributed by atoms with Gasteiger partial charge in [-0.15, -0.1) is 11.3 Å². The van der Waals surface area contributed by atoms with Crippen LogP contribution in [0.4, 0.5) is 0 Å².